The average Bonchev–Trinajstić information content (AvgIpc) is 2.97. The van der Waals surface area contributed by atoms with Gasteiger partial charge in [0.1, 0.15) is 6.26 Å². The van der Waals surface area contributed by atoms with Crippen molar-refractivity contribution in [2.24, 2.45) is 0 Å². The summed E-state index contributed by atoms with van der Waals surface area (Å²) in [4.78, 5) is 20.2. The third-order valence-corrected chi connectivity index (χ3v) is 2.86. The van der Waals surface area contributed by atoms with E-state index in [1.54, 1.807) is 24.5 Å². The average molecular weight is 279 g/mol. The molecule has 1 amide bonds. The van der Waals surface area contributed by atoms with Gasteiger partial charge in [0.05, 0.1) is 24.0 Å². The Kier molecular flexibility index (Phi) is 3.73. The molecule has 104 valence electrons. The summed E-state index contributed by atoms with van der Waals surface area (Å²) in [6.45, 7) is 0. The molecular formula is C16H13N3O2. The number of nitrogens with zero attached hydrogens (tertiary/aromatic N) is 2. The predicted octanol–water partition coefficient (Wildman–Crippen LogP) is 2.92. The molecule has 3 aromatic rings. The van der Waals surface area contributed by atoms with Crippen molar-refractivity contribution in [1.82, 2.24) is 9.97 Å². The molecule has 0 aliphatic rings. The van der Waals surface area contributed by atoms with Crippen LogP contribution in [0.1, 0.15) is 5.69 Å². The summed E-state index contributed by atoms with van der Waals surface area (Å²) in [5.41, 5.74) is 2.14. The molecule has 0 aliphatic carbocycles. The topological polar surface area (TPSA) is 68.0 Å². The fourth-order valence-electron chi connectivity index (χ4n) is 1.91. The molecular weight excluding hydrogens is 266 g/mol. The molecule has 0 radical (unpaired) electrons. The highest BCUT2D eigenvalue weighted by Gasteiger charge is 2.10. The van der Waals surface area contributed by atoms with Crippen LogP contribution in [0.2, 0.25) is 0 Å². The van der Waals surface area contributed by atoms with E-state index >= 15 is 0 Å². The van der Waals surface area contributed by atoms with E-state index in [0.717, 1.165) is 5.56 Å². The second kappa shape index (κ2) is 6.00. The lowest BCUT2D eigenvalue weighted by Crippen LogP contribution is -2.14. The monoisotopic (exact) mass is 279 g/mol. The molecule has 1 N–H and O–H groups in total. The van der Waals surface area contributed by atoms with E-state index in [1.807, 2.05) is 30.3 Å². The molecule has 0 aliphatic heterocycles. The molecule has 1 aromatic carbocycles. The minimum Gasteiger partial charge on any atom is -0.444 e. The second-order valence-corrected chi connectivity index (χ2v) is 4.48. The van der Waals surface area contributed by atoms with Crippen LogP contribution in [0, 0.1) is 0 Å². The highest BCUT2D eigenvalue weighted by molar-refractivity contribution is 5.91. The van der Waals surface area contributed by atoms with Crippen molar-refractivity contribution in [1.29, 1.82) is 0 Å². The third kappa shape index (κ3) is 3.33. The molecule has 0 unspecified atom stereocenters. The molecule has 5 nitrogen and oxygen atoms in total. The van der Waals surface area contributed by atoms with Gasteiger partial charge in [-0.15, -0.1) is 0 Å². The zero-order chi connectivity index (χ0) is 14.5. The zero-order valence-electron chi connectivity index (χ0n) is 11.2. The number of hydrogen-bond donors (Lipinski definition) is 1. The molecule has 0 spiro atoms. The Bertz CT molecular complexity index is 724. The minimum atomic E-state index is -0.157. The number of benzene rings is 1. The van der Waals surface area contributed by atoms with Crippen LogP contribution in [0.15, 0.2) is 65.5 Å². The van der Waals surface area contributed by atoms with Gasteiger partial charge in [-0.25, -0.2) is 4.98 Å². The lowest BCUT2D eigenvalue weighted by Gasteiger charge is -2.01. The summed E-state index contributed by atoms with van der Waals surface area (Å²) in [5.74, 6) is 0.357. The number of pyridine rings is 1. The summed E-state index contributed by atoms with van der Waals surface area (Å²) in [5, 5.41) is 2.76. The fraction of sp³-hybridized carbons (Fsp3) is 0.0625. The number of nitrogens with one attached hydrogen (secondary N) is 1. The van der Waals surface area contributed by atoms with Crippen molar-refractivity contribution >= 4 is 11.6 Å². The van der Waals surface area contributed by atoms with E-state index < -0.39 is 0 Å². The van der Waals surface area contributed by atoms with Crippen LogP contribution in [0.25, 0.3) is 11.5 Å². The van der Waals surface area contributed by atoms with Gasteiger partial charge < -0.3 is 9.73 Å². The summed E-state index contributed by atoms with van der Waals surface area (Å²) in [6, 6.07) is 13.1. The van der Waals surface area contributed by atoms with E-state index in [4.69, 9.17) is 4.42 Å². The Morgan fingerprint density at radius 2 is 2.00 bits per heavy atom. The van der Waals surface area contributed by atoms with Crippen LogP contribution in [0.4, 0.5) is 5.69 Å². The Hall–Kier alpha value is -2.95. The van der Waals surface area contributed by atoms with E-state index in [0.29, 0.717) is 17.3 Å². The Morgan fingerprint density at radius 3 is 2.76 bits per heavy atom. The third-order valence-electron chi connectivity index (χ3n) is 2.86. The van der Waals surface area contributed by atoms with Gasteiger partial charge in [-0.2, -0.15) is 0 Å². The van der Waals surface area contributed by atoms with Crippen LogP contribution in [0.3, 0.4) is 0 Å². The number of aromatic nitrogens is 2. The SMILES string of the molecule is O=C(Cc1coc(-c2ccccc2)n1)Nc1cccnc1. The van der Waals surface area contributed by atoms with Gasteiger partial charge in [0.25, 0.3) is 0 Å². The molecule has 0 saturated heterocycles. The number of hydrogen-bond acceptors (Lipinski definition) is 4. The van der Waals surface area contributed by atoms with Gasteiger partial charge >= 0.3 is 0 Å². The normalized spacial score (nSPS) is 10.3. The lowest BCUT2D eigenvalue weighted by atomic mass is 10.2. The Labute approximate surface area is 121 Å². The number of carbonyl (C=O) groups is 1. The highest BCUT2D eigenvalue weighted by atomic mass is 16.3. The number of amides is 1. The number of anilines is 1. The van der Waals surface area contributed by atoms with Gasteiger partial charge in [-0.3, -0.25) is 9.78 Å². The largest absolute Gasteiger partial charge is 0.444 e. The molecule has 21 heavy (non-hydrogen) atoms. The molecule has 3 rings (SSSR count). The second-order valence-electron chi connectivity index (χ2n) is 4.48. The van der Waals surface area contributed by atoms with Gasteiger partial charge in [-0.05, 0) is 24.3 Å². The number of rotatable bonds is 4. The van der Waals surface area contributed by atoms with Crippen molar-refractivity contribution in [3.63, 3.8) is 0 Å². The molecule has 2 heterocycles. The Morgan fingerprint density at radius 1 is 1.14 bits per heavy atom. The number of oxazole rings is 1. The van der Waals surface area contributed by atoms with E-state index in [-0.39, 0.29) is 12.3 Å². The molecule has 0 atom stereocenters. The Balaban J connectivity index is 1.66. The minimum absolute atomic E-state index is 0.157. The highest BCUT2D eigenvalue weighted by Crippen LogP contribution is 2.18. The molecule has 2 aromatic heterocycles. The zero-order valence-corrected chi connectivity index (χ0v) is 11.2. The quantitative estimate of drug-likeness (QED) is 0.797. The predicted molar refractivity (Wildman–Crippen MR) is 78.5 cm³/mol. The molecule has 0 bridgehead atoms. The van der Waals surface area contributed by atoms with Crippen molar-refractivity contribution in [3.8, 4) is 11.5 Å². The first-order chi connectivity index (χ1) is 10.3. The van der Waals surface area contributed by atoms with Crippen LogP contribution in [-0.4, -0.2) is 15.9 Å². The van der Waals surface area contributed by atoms with Crippen molar-refractivity contribution < 1.29 is 9.21 Å². The van der Waals surface area contributed by atoms with Crippen molar-refractivity contribution in [2.75, 3.05) is 5.32 Å². The number of carbonyl (C=O) groups excluding carboxylic acids is 1. The van der Waals surface area contributed by atoms with Crippen LogP contribution in [-0.2, 0) is 11.2 Å². The summed E-state index contributed by atoms with van der Waals surface area (Å²) in [7, 11) is 0. The first kappa shape index (κ1) is 13.1. The molecule has 5 heteroatoms. The van der Waals surface area contributed by atoms with Gasteiger partial charge in [0, 0.05) is 11.8 Å². The van der Waals surface area contributed by atoms with Crippen LogP contribution < -0.4 is 5.32 Å². The standard InChI is InChI=1S/C16H13N3O2/c20-15(18-13-7-4-8-17-10-13)9-14-11-21-16(19-14)12-5-2-1-3-6-12/h1-8,10-11H,9H2,(H,18,20). The van der Waals surface area contributed by atoms with Crippen LogP contribution >= 0.6 is 0 Å². The van der Waals surface area contributed by atoms with Gasteiger partial charge in [0.2, 0.25) is 11.8 Å². The van der Waals surface area contributed by atoms with E-state index in [9.17, 15) is 4.79 Å². The maximum absolute atomic E-state index is 11.9. The molecule has 0 saturated carbocycles. The lowest BCUT2D eigenvalue weighted by molar-refractivity contribution is -0.115. The van der Waals surface area contributed by atoms with Gasteiger partial charge in [0.15, 0.2) is 0 Å². The van der Waals surface area contributed by atoms with Crippen molar-refractivity contribution in [3.05, 3.63) is 66.8 Å². The first-order valence-corrected chi connectivity index (χ1v) is 6.51. The smallest absolute Gasteiger partial charge is 0.230 e. The van der Waals surface area contributed by atoms with Gasteiger partial charge in [-0.1, -0.05) is 18.2 Å². The van der Waals surface area contributed by atoms with E-state index in [2.05, 4.69) is 15.3 Å². The fourth-order valence-corrected chi connectivity index (χ4v) is 1.91. The first-order valence-electron chi connectivity index (χ1n) is 6.51. The summed E-state index contributed by atoms with van der Waals surface area (Å²) < 4.78 is 5.40. The summed E-state index contributed by atoms with van der Waals surface area (Å²) >= 11 is 0. The van der Waals surface area contributed by atoms with Crippen molar-refractivity contribution in [2.45, 2.75) is 6.42 Å². The van der Waals surface area contributed by atoms with E-state index in [1.165, 1.54) is 6.26 Å². The maximum Gasteiger partial charge on any atom is 0.230 e. The molecule has 0 fully saturated rings. The van der Waals surface area contributed by atoms with Crippen LogP contribution in [0.5, 0.6) is 0 Å². The summed E-state index contributed by atoms with van der Waals surface area (Å²) in [6.07, 6.45) is 4.91. The maximum atomic E-state index is 11.9.